The molecular formula is C9H9BrIN3. The monoisotopic (exact) mass is 365 g/mol. The van der Waals surface area contributed by atoms with Crippen LogP contribution in [0.25, 0.3) is 11.3 Å². The second-order valence-corrected chi connectivity index (χ2v) is 3.71. The molecule has 0 unspecified atom stereocenters. The fourth-order valence-electron chi connectivity index (χ4n) is 1.21. The highest BCUT2D eigenvalue weighted by atomic mass is 127. The lowest BCUT2D eigenvalue weighted by molar-refractivity contribution is -0.671. The number of aromatic amines is 1. The van der Waals surface area contributed by atoms with Crippen molar-refractivity contribution in [3.05, 3.63) is 35.2 Å². The number of halogens is 2. The van der Waals surface area contributed by atoms with Crippen molar-refractivity contribution < 1.29 is 28.5 Å². The molecular weight excluding hydrogens is 357 g/mol. The zero-order chi connectivity index (χ0) is 9.26. The van der Waals surface area contributed by atoms with Gasteiger partial charge in [-0.25, -0.2) is 4.57 Å². The van der Waals surface area contributed by atoms with E-state index in [4.69, 9.17) is 0 Å². The summed E-state index contributed by atoms with van der Waals surface area (Å²) in [6, 6.07) is 4.04. The van der Waals surface area contributed by atoms with E-state index >= 15 is 0 Å². The Balaban J connectivity index is 0.000000980. The molecule has 0 saturated heterocycles. The Morgan fingerprint density at radius 3 is 2.86 bits per heavy atom. The van der Waals surface area contributed by atoms with Gasteiger partial charge in [0, 0.05) is 6.07 Å². The molecule has 0 atom stereocenters. The van der Waals surface area contributed by atoms with Crippen molar-refractivity contribution >= 4 is 15.9 Å². The van der Waals surface area contributed by atoms with Crippen LogP contribution in [0.1, 0.15) is 0 Å². The minimum absolute atomic E-state index is 0. The molecule has 0 saturated carbocycles. The van der Waals surface area contributed by atoms with Crippen LogP contribution in [-0.4, -0.2) is 10.2 Å². The summed E-state index contributed by atoms with van der Waals surface area (Å²) < 4.78 is 2.99. The molecule has 0 aliphatic carbocycles. The van der Waals surface area contributed by atoms with Gasteiger partial charge in [-0.3, -0.25) is 5.10 Å². The average molecular weight is 366 g/mol. The van der Waals surface area contributed by atoms with Crippen LogP contribution >= 0.6 is 15.9 Å². The van der Waals surface area contributed by atoms with Crippen LogP contribution in [0.2, 0.25) is 0 Å². The van der Waals surface area contributed by atoms with Gasteiger partial charge in [-0.05, 0) is 22.0 Å². The summed E-state index contributed by atoms with van der Waals surface area (Å²) in [4.78, 5) is 0. The van der Waals surface area contributed by atoms with Gasteiger partial charge < -0.3 is 24.0 Å². The van der Waals surface area contributed by atoms with E-state index in [9.17, 15) is 0 Å². The first-order chi connectivity index (χ1) is 6.27. The smallest absolute Gasteiger partial charge is 0.177 e. The molecule has 0 amide bonds. The van der Waals surface area contributed by atoms with Crippen LogP contribution < -0.4 is 28.5 Å². The first-order valence-corrected chi connectivity index (χ1v) is 4.71. The average Bonchev–Trinajstić information content (AvgIpc) is 2.51. The Hall–Kier alpha value is -0.430. The van der Waals surface area contributed by atoms with E-state index in [1.54, 1.807) is 6.20 Å². The van der Waals surface area contributed by atoms with Gasteiger partial charge in [-0.1, -0.05) is 0 Å². The first-order valence-electron chi connectivity index (χ1n) is 3.92. The lowest BCUT2D eigenvalue weighted by Crippen LogP contribution is -3.00. The van der Waals surface area contributed by atoms with Gasteiger partial charge >= 0.3 is 0 Å². The number of nitrogens with one attached hydrogen (secondary N) is 1. The number of aromatic nitrogens is 3. The summed E-state index contributed by atoms with van der Waals surface area (Å²) in [5.74, 6) is 0. The number of hydrogen-bond acceptors (Lipinski definition) is 1. The van der Waals surface area contributed by atoms with Gasteiger partial charge in [0.15, 0.2) is 12.4 Å². The van der Waals surface area contributed by atoms with Gasteiger partial charge in [-0.15, -0.1) is 0 Å². The lowest BCUT2D eigenvalue weighted by Gasteiger charge is -1.95. The Morgan fingerprint density at radius 2 is 2.29 bits per heavy atom. The number of hydrogen-bond donors (Lipinski definition) is 1. The molecule has 3 nitrogen and oxygen atoms in total. The van der Waals surface area contributed by atoms with Crippen LogP contribution in [-0.2, 0) is 7.05 Å². The maximum Gasteiger partial charge on any atom is 0.177 e. The van der Waals surface area contributed by atoms with Gasteiger partial charge in [0.2, 0.25) is 0 Å². The van der Waals surface area contributed by atoms with Crippen LogP contribution in [0, 0.1) is 0 Å². The molecule has 0 spiro atoms. The predicted molar refractivity (Wildman–Crippen MR) is 52.9 cm³/mol. The van der Waals surface area contributed by atoms with Crippen molar-refractivity contribution in [3.63, 3.8) is 0 Å². The number of pyridine rings is 1. The molecule has 0 fully saturated rings. The van der Waals surface area contributed by atoms with Crippen LogP contribution in [0.5, 0.6) is 0 Å². The van der Waals surface area contributed by atoms with Crippen LogP contribution in [0.4, 0.5) is 0 Å². The van der Waals surface area contributed by atoms with Crippen molar-refractivity contribution in [2.45, 2.75) is 0 Å². The van der Waals surface area contributed by atoms with Crippen LogP contribution in [0.15, 0.2) is 35.2 Å². The topological polar surface area (TPSA) is 32.6 Å². The third-order valence-electron chi connectivity index (χ3n) is 1.82. The number of aryl methyl sites for hydroxylation is 1. The lowest BCUT2D eigenvalue weighted by atomic mass is 10.2. The van der Waals surface area contributed by atoms with Gasteiger partial charge in [0.05, 0.1) is 21.9 Å². The van der Waals surface area contributed by atoms with E-state index in [2.05, 4.69) is 26.1 Å². The number of rotatable bonds is 1. The highest BCUT2D eigenvalue weighted by molar-refractivity contribution is 9.10. The zero-order valence-electron chi connectivity index (χ0n) is 7.54. The second kappa shape index (κ2) is 4.88. The Morgan fingerprint density at radius 1 is 1.50 bits per heavy atom. The molecule has 2 rings (SSSR count). The van der Waals surface area contributed by atoms with E-state index in [0.29, 0.717) is 0 Å². The van der Waals surface area contributed by atoms with E-state index in [1.807, 2.05) is 36.1 Å². The molecule has 2 aromatic heterocycles. The summed E-state index contributed by atoms with van der Waals surface area (Å²) in [5, 5.41) is 6.89. The van der Waals surface area contributed by atoms with E-state index in [-0.39, 0.29) is 24.0 Å². The van der Waals surface area contributed by atoms with Crippen molar-refractivity contribution in [2.75, 3.05) is 0 Å². The maximum atomic E-state index is 3.95. The third-order valence-corrected chi connectivity index (χ3v) is 2.42. The van der Waals surface area contributed by atoms with Gasteiger partial charge in [0.25, 0.3) is 0 Å². The third kappa shape index (κ3) is 2.33. The molecule has 1 N–H and O–H groups in total. The summed E-state index contributed by atoms with van der Waals surface area (Å²) >= 11 is 3.42. The molecule has 2 aromatic rings. The summed E-state index contributed by atoms with van der Waals surface area (Å²) in [6.45, 7) is 0. The molecule has 74 valence electrons. The number of nitrogens with zero attached hydrogens (tertiary/aromatic N) is 2. The van der Waals surface area contributed by atoms with Gasteiger partial charge in [0.1, 0.15) is 7.05 Å². The fourth-order valence-corrected chi connectivity index (χ4v) is 1.63. The van der Waals surface area contributed by atoms with E-state index < -0.39 is 0 Å². The Bertz CT molecular complexity index is 428. The highest BCUT2D eigenvalue weighted by Gasteiger charge is 2.07. The first kappa shape index (κ1) is 11.6. The largest absolute Gasteiger partial charge is 1.00 e. The second-order valence-electron chi connectivity index (χ2n) is 2.85. The molecule has 0 bridgehead atoms. The van der Waals surface area contributed by atoms with E-state index in [0.717, 1.165) is 15.7 Å². The Kier molecular flexibility index (Phi) is 4.06. The Labute approximate surface area is 108 Å². The van der Waals surface area contributed by atoms with E-state index in [1.165, 1.54) is 0 Å². The van der Waals surface area contributed by atoms with Crippen molar-refractivity contribution in [2.24, 2.45) is 7.05 Å². The molecule has 14 heavy (non-hydrogen) atoms. The molecule has 5 heteroatoms. The molecule has 0 aromatic carbocycles. The maximum absolute atomic E-state index is 3.95. The molecule has 0 aliphatic heterocycles. The van der Waals surface area contributed by atoms with Crippen LogP contribution in [0.3, 0.4) is 0 Å². The van der Waals surface area contributed by atoms with Crippen molar-refractivity contribution in [1.29, 1.82) is 0 Å². The highest BCUT2D eigenvalue weighted by Crippen LogP contribution is 2.23. The minimum atomic E-state index is 0. The molecule has 0 aliphatic rings. The normalized spacial score (nSPS) is 9.57. The number of H-pyrrole nitrogens is 1. The fraction of sp³-hybridized carbons (Fsp3) is 0.111. The zero-order valence-corrected chi connectivity index (χ0v) is 11.3. The summed E-state index contributed by atoms with van der Waals surface area (Å²) in [5.41, 5.74) is 2.13. The van der Waals surface area contributed by atoms with Gasteiger partial charge in [-0.2, -0.15) is 5.10 Å². The van der Waals surface area contributed by atoms with Crippen molar-refractivity contribution in [3.8, 4) is 11.3 Å². The summed E-state index contributed by atoms with van der Waals surface area (Å²) in [7, 11) is 1.99. The summed E-state index contributed by atoms with van der Waals surface area (Å²) in [6.07, 6.45) is 5.79. The standard InChI is InChI=1S/C9H9BrN3.HI/c1-13-4-2-3-7(6-13)9-8(10)5-11-12-9;/h2-6H,1H3,(H,11,12);1H/q+1;/p-1. The quantitative estimate of drug-likeness (QED) is 0.493. The van der Waals surface area contributed by atoms with Crippen molar-refractivity contribution in [1.82, 2.24) is 10.2 Å². The minimum Gasteiger partial charge on any atom is -1.00 e. The molecule has 0 radical (unpaired) electrons. The SMILES string of the molecule is C[n+]1cccc(-c2[nH]ncc2Br)c1.[I-]. The predicted octanol–water partition coefficient (Wildman–Crippen LogP) is -1.33. The molecule has 2 heterocycles.